The van der Waals surface area contributed by atoms with Crippen molar-refractivity contribution in [1.29, 1.82) is 0 Å². The maximum atomic E-state index is 6.25. The summed E-state index contributed by atoms with van der Waals surface area (Å²) >= 11 is 12.3. The van der Waals surface area contributed by atoms with Crippen LogP contribution in [0.4, 0.5) is 5.69 Å². The molecule has 0 amide bonds. The van der Waals surface area contributed by atoms with Gasteiger partial charge in [-0.15, -0.1) is 0 Å². The monoisotopic (exact) mass is 293 g/mol. The quantitative estimate of drug-likeness (QED) is 0.866. The first-order valence-corrected chi connectivity index (χ1v) is 6.81. The molecule has 2 nitrogen and oxygen atoms in total. The van der Waals surface area contributed by atoms with Crippen molar-refractivity contribution in [2.45, 2.75) is 12.5 Å². The Hall–Kier alpha value is -1.38. The Morgan fingerprint density at radius 3 is 2.79 bits per heavy atom. The van der Waals surface area contributed by atoms with Crippen LogP contribution >= 0.6 is 23.2 Å². The molecule has 2 aromatic carbocycles. The van der Waals surface area contributed by atoms with Gasteiger partial charge >= 0.3 is 0 Å². The van der Waals surface area contributed by atoms with Crippen LogP contribution in [0.15, 0.2) is 36.4 Å². The molecule has 0 fully saturated rings. The van der Waals surface area contributed by atoms with Crippen molar-refractivity contribution in [3.8, 4) is 5.75 Å². The van der Waals surface area contributed by atoms with Gasteiger partial charge in [-0.05, 0) is 53.9 Å². The van der Waals surface area contributed by atoms with Crippen molar-refractivity contribution < 1.29 is 4.74 Å². The highest BCUT2D eigenvalue weighted by Gasteiger charge is 2.24. The van der Waals surface area contributed by atoms with E-state index in [0.717, 1.165) is 28.4 Å². The lowest BCUT2D eigenvalue weighted by atomic mass is 10.0. The third-order valence-corrected chi connectivity index (χ3v) is 3.98. The largest absolute Gasteiger partial charge is 0.497 e. The minimum Gasteiger partial charge on any atom is -0.497 e. The Bertz CT molecular complexity index is 628. The summed E-state index contributed by atoms with van der Waals surface area (Å²) in [5.74, 6) is 0.874. The first-order chi connectivity index (χ1) is 9.17. The molecule has 1 aliphatic heterocycles. The van der Waals surface area contributed by atoms with E-state index in [1.54, 1.807) is 13.2 Å². The molecule has 0 radical (unpaired) electrons. The van der Waals surface area contributed by atoms with Gasteiger partial charge in [0.2, 0.25) is 0 Å². The molecule has 1 atom stereocenters. The van der Waals surface area contributed by atoms with E-state index in [1.807, 2.05) is 24.3 Å². The van der Waals surface area contributed by atoms with Crippen molar-refractivity contribution in [2.75, 3.05) is 12.4 Å². The van der Waals surface area contributed by atoms with Gasteiger partial charge in [-0.1, -0.05) is 23.2 Å². The van der Waals surface area contributed by atoms with Crippen molar-refractivity contribution >= 4 is 28.9 Å². The standard InChI is InChI=1S/C15H13Cl2NO/c1-19-11-3-5-14-9(6-11)7-15(18-14)12-8-10(16)2-4-13(12)17/h2-6,8,15,18H,7H2,1H3. The third kappa shape index (κ3) is 2.38. The number of rotatable bonds is 2. The van der Waals surface area contributed by atoms with Crippen LogP contribution in [0.1, 0.15) is 17.2 Å². The van der Waals surface area contributed by atoms with Crippen LogP contribution in [-0.2, 0) is 6.42 Å². The molecule has 1 N–H and O–H groups in total. The Morgan fingerprint density at radius 1 is 1.16 bits per heavy atom. The average Bonchev–Trinajstić information content (AvgIpc) is 2.83. The summed E-state index contributed by atoms with van der Waals surface area (Å²) in [5.41, 5.74) is 3.39. The number of methoxy groups -OCH3 is 1. The molecular weight excluding hydrogens is 281 g/mol. The number of fused-ring (bicyclic) bond motifs is 1. The SMILES string of the molecule is COc1ccc2c(c1)CC(c1cc(Cl)ccc1Cl)N2. The molecule has 19 heavy (non-hydrogen) atoms. The molecule has 0 saturated heterocycles. The highest BCUT2D eigenvalue weighted by Crippen LogP contribution is 2.39. The van der Waals surface area contributed by atoms with Gasteiger partial charge in [0.15, 0.2) is 0 Å². The molecule has 2 aromatic rings. The fraction of sp³-hybridized carbons (Fsp3) is 0.200. The van der Waals surface area contributed by atoms with E-state index in [9.17, 15) is 0 Å². The normalized spacial score (nSPS) is 16.9. The average molecular weight is 294 g/mol. The van der Waals surface area contributed by atoms with Crippen LogP contribution in [0.2, 0.25) is 10.0 Å². The van der Waals surface area contributed by atoms with E-state index in [-0.39, 0.29) is 6.04 Å². The van der Waals surface area contributed by atoms with Crippen molar-refractivity contribution in [3.05, 3.63) is 57.6 Å². The van der Waals surface area contributed by atoms with Crippen LogP contribution in [-0.4, -0.2) is 7.11 Å². The summed E-state index contributed by atoms with van der Waals surface area (Å²) in [6.45, 7) is 0. The minimum absolute atomic E-state index is 0.160. The fourth-order valence-electron chi connectivity index (χ4n) is 2.43. The van der Waals surface area contributed by atoms with Crippen molar-refractivity contribution in [2.24, 2.45) is 0 Å². The van der Waals surface area contributed by atoms with Gasteiger partial charge in [0.1, 0.15) is 5.75 Å². The topological polar surface area (TPSA) is 21.3 Å². The Kier molecular flexibility index (Phi) is 3.29. The molecular formula is C15H13Cl2NO. The lowest BCUT2D eigenvalue weighted by molar-refractivity contribution is 0.414. The van der Waals surface area contributed by atoms with Crippen LogP contribution in [0.3, 0.4) is 0 Å². The molecule has 0 saturated carbocycles. The second-order valence-electron chi connectivity index (χ2n) is 4.59. The second-order valence-corrected chi connectivity index (χ2v) is 5.43. The van der Waals surface area contributed by atoms with E-state index in [0.29, 0.717) is 5.02 Å². The zero-order chi connectivity index (χ0) is 13.4. The maximum Gasteiger partial charge on any atom is 0.119 e. The van der Waals surface area contributed by atoms with E-state index in [1.165, 1.54) is 5.56 Å². The van der Waals surface area contributed by atoms with Gasteiger partial charge in [-0.3, -0.25) is 0 Å². The summed E-state index contributed by atoms with van der Waals surface area (Å²) in [6, 6.07) is 11.8. The van der Waals surface area contributed by atoms with Gasteiger partial charge in [-0.2, -0.15) is 0 Å². The second kappa shape index (κ2) is 4.95. The van der Waals surface area contributed by atoms with Gasteiger partial charge in [0, 0.05) is 15.7 Å². The van der Waals surface area contributed by atoms with Crippen LogP contribution in [0.25, 0.3) is 0 Å². The molecule has 1 heterocycles. The number of benzene rings is 2. The van der Waals surface area contributed by atoms with E-state index in [2.05, 4.69) is 11.4 Å². The summed E-state index contributed by atoms with van der Waals surface area (Å²) in [7, 11) is 1.68. The van der Waals surface area contributed by atoms with E-state index < -0.39 is 0 Å². The Morgan fingerprint density at radius 2 is 2.00 bits per heavy atom. The van der Waals surface area contributed by atoms with Gasteiger partial charge < -0.3 is 10.1 Å². The zero-order valence-electron chi connectivity index (χ0n) is 10.4. The predicted molar refractivity (Wildman–Crippen MR) is 79.5 cm³/mol. The number of nitrogens with one attached hydrogen (secondary N) is 1. The first kappa shape index (κ1) is 12.6. The van der Waals surface area contributed by atoms with Crippen LogP contribution in [0, 0.1) is 0 Å². The minimum atomic E-state index is 0.160. The maximum absolute atomic E-state index is 6.25. The summed E-state index contributed by atoms with van der Waals surface area (Å²) < 4.78 is 5.25. The number of hydrogen-bond acceptors (Lipinski definition) is 2. The number of hydrogen-bond donors (Lipinski definition) is 1. The Labute approximate surface area is 122 Å². The molecule has 0 spiro atoms. The predicted octanol–water partition coefficient (Wildman–Crippen LogP) is 4.71. The highest BCUT2D eigenvalue weighted by molar-refractivity contribution is 6.33. The van der Waals surface area contributed by atoms with Gasteiger partial charge in [0.25, 0.3) is 0 Å². The molecule has 1 unspecified atom stereocenters. The van der Waals surface area contributed by atoms with Crippen molar-refractivity contribution in [3.63, 3.8) is 0 Å². The first-order valence-electron chi connectivity index (χ1n) is 6.06. The summed E-state index contributed by atoms with van der Waals surface area (Å²) in [4.78, 5) is 0. The molecule has 3 rings (SSSR count). The Balaban J connectivity index is 1.93. The number of halogens is 2. The molecule has 0 aliphatic carbocycles. The number of anilines is 1. The smallest absolute Gasteiger partial charge is 0.119 e. The number of ether oxygens (including phenoxy) is 1. The molecule has 98 valence electrons. The fourth-order valence-corrected chi connectivity index (χ4v) is 2.86. The van der Waals surface area contributed by atoms with Crippen LogP contribution < -0.4 is 10.1 Å². The van der Waals surface area contributed by atoms with E-state index in [4.69, 9.17) is 27.9 Å². The van der Waals surface area contributed by atoms with Gasteiger partial charge in [0.05, 0.1) is 13.2 Å². The zero-order valence-corrected chi connectivity index (χ0v) is 11.9. The van der Waals surface area contributed by atoms with Crippen LogP contribution in [0.5, 0.6) is 5.75 Å². The lowest BCUT2D eigenvalue weighted by Gasteiger charge is -2.13. The molecule has 1 aliphatic rings. The van der Waals surface area contributed by atoms with E-state index >= 15 is 0 Å². The van der Waals surface area contributed by atoms with Crippen molar-refractivity contribution in [1.82, 2.24) is 0 Å². The lowest BCUT2D eigenvalue weighted by Crippen LogP contribution is -2.06. The molecule has 4 heteroatoms. The summed E-state index contributed by atoms with van der Waals surface area (Å²) in [6.07, 6.45) is 0.882. The molecule has 0 aromatic heterocycles. The summed E-state index contributed by atoms with van der Waals surface area (Å²) in [5, 5.41) is 4.91. The third-order valence-electron chi connectivity index (χ3n) is 3.40. The molecule has 0 bridgehead atoms. The highest BCUT2D eigenvalue weighted by atomic mass is 35.5. The van der Waals surface area contributed by atoms with Gasteiger partial charge in [-0.25, -0.2) is 0 Å².